The molecule has 0 atom stereocenters. The molecule has 244 valence electrons. The SMILES string of the molecule is CC(C)(C)O.CCc1c(C)cc2c(c1-c1cc(F)c3c(c1C)CCCO3)CCN2C(=O)c1cccc(C(F)(F)F)c1F.O=CO. The van der Waals surface area contributed by atoms with Crippen molar-refractivity contribution in [1.82, 2.24) is 0 Å². The minimum Gasteiger partial charge on any atom is -0.490 e. The smallest absolute Gasteiger partial charge is 0.419 e. The number of nitrogens with zero attached hydrogens (tertiary/aromatic N) is 1. The quantitative estimate of drug-likeness (QED) is 0.226. The minimum atomic E-state index is -4.92. The number of halogens is 5. The van der Waals surface area contributed by atoms with E-state index in [4.69, 9.17) is 19.7 Å². The van der Waals surface area contributed by atoms with Gasteiger partial charge in [0, 0.05) is 17.8 Å². The molecule has 2 aliphatic heterocycles. The third kappa shape index (κ3) is 7.81. The normalized spacial score (nSPS) is 13.8. The summed E-state index contributed by atoms with van der Waals surface area (Å²) in [5, 5.41) is 15.4. The molecular weight excluding hydrogens is 597 g/mol. The molecule has 0 aromatic heterocycles. The van der Waals surface area contributed by atoms with E-state index in [2.05, 4.69) is 0 Å². The van der Waals surface area contributed by atoms with Crippen LogP contribution in [-0.2, 0) is 30.2 Å². The summed E-state index contributed by atoms with van der Waals surface area (Å²) in [4.78, 5) is 23.1. The number of carboxylic acid groups (broad SMARTS) is 1. The fraction of sp³-hybridized carbons (Fsp3) is 0.412. The molecule has 3 aromatic rings. The van der Waals surface area contributed by atoms with E-state index >= 15 is 4.39 Å². The van der Waals surface area contributed by atoms with Gasteiger partial charge in [-0.3, -0.25) is 9.59 Å². The maximum Gasteiger partial charge on any atom is 0.419 e. The van der Waals surface area contributed by atoms with Crippen molar-refractivity contribution in [2.45, 2.75) is 79.0 Å². The molecular formula is C34H38F5NO5. The zero-order valence-corrected chi connectivity index (χ0v) is 26.2. The summed E-state index contributed by atoms with van der Waals surface area (Å²) in [6.07, 6.45) is -2.35. The highest BCUT2D eigenvalue weighted by molar-refractivity contribution is 6.08. The molecule has 3 aromatic carbocycles. The van der Waals surface area contributed by atoms with Gasteiger partial charge in [-0.25, -0.2) is 8.78 Å². The molecule has 11 heteroatoms. The molecule has 0 radical (unpaired) electrons. The molecule has 1 amide bonds. The van der Waals surface area contributed by atoms with E-state index < -0.39 is 40.4 Å². The topological polar surface area (TPSA) is 87.1 Å². The predicted molar refractivity (Wildman–Crippen MR) is 162 cm³/mol. The number of carbonyl (C=O) groups is 2. The number of fused-ring (bicyclic) bond motifs is 2. The molecule has 0 saturated carbocycles. The van der Waals surface area contributed by atoms with Crippen LogP contribution in [0.15, 0.2) is 30.3 Å². The number of anilines is 1. The van der Waals surface area contributed by atoms with Crippen LogP contribution in [0.25, 0.3) is 11.1 Å². The molecule has 2 aliphatic rings. The molecule has 2 heterocycles. The molecule has 0 fully saturated rings. The number of rotatable bonds is 3. The van der Waals surface area contributed by atoms with Gasteiger partial charge in [0.05, 0.1) is 23.3 Å². The van der Waals surface area contributed by atoms with Crippen LogP contribution in [0.4, 0.5) is 27.6 Å². The lowest BCUT2D eigenvalue weighted by molar-refractivity contribution is -0.140. The first-order valence-corrected chi connectivity index (χ1v) is 14.5. The summed E-state index contributed by atoms with van der Waals surface area (Å²) in [5.41, 5.74) is 3.89. The van der Waals surface area contributed by atoms with E-state index in [0.717, 1.165) is 57.5 Å². The van der Waals surface area contributed by atoms with E-state index in [1.54, 1.807) is 20.8 Å². The van der Waals surface area contributed by atoms with Gasteiger partial charge >= 0.3 is 6.18 Å². The zero-order valence-electron chi connectivity index (χ0n) is 26.2. The van der Waals surface area contributed by atoms with E-state index in [0.29, 0.717) is 37.6 Å². The number of ether oxygens (including phenoxy) is 1. The zero-order chi connectivity index (χ0) is 33.9. The first kappa shape index (κ1) is 35.5. The van der Waals surface area contributed by atoms with Crippen molar-refractivity contribution in [1.29, 1.82) is 0 Å². The van der Waals surface area contributed by atoms with Crippen LogP contribution in [0.3, 0.4) is 0 Å². The second-order valence-corrected chi connectivity index (χ2v) is 11.8. The summed E-state index contributed by atoms with van der Waals surface area (Å²) in [6, 6.07) is 6.03. The summed E-state index contributed by atoms with van der Waals surface area (Å²) in [6.45, 7) is 11.5. The number of alkyl halides is 3. The van der Waals surface area contributed by atoms with Crippen molar-refractivity contribution in [3.63, 3.8) is 0 Å². The van der Waals surface area contributed by atoms with Crippen LogP contribution in [0.2, 0.25) is 0 Å². The van der Waals surface area contributed by atoms with Gasteiger partial charge in [-0.05, 0) is 118 Å². The number of aliphatic hydroxyl groups is 1. The van der Waals surface area contributed by atoms with Crippen molar-refractivity contribution in [3.05, 3.63) is 80.9 Å². The summed E-state index contributed by atoms with van der Waals surface area (Å²) >= 11 is 0. The van der Waals surface area contributed by atoms with E-state index in [1.165, 1.54) is 11.0 Å². The summed E-state index contributed by atoms with van der Waals surface area (Å²) < 4.78 is 75.4. The van der Waals surface area contributed by atoms with Gasteiger partial charge in [0.1, 0.15) is 5.82 Å². The molecule has 0 saturated heterocycles. The largest absolute Gasteiger partial charge is 0.490 e. The Balaban J connectivity index is 0.000000620. The molecule has 6 nitrogen and oxygen atoms in total. The van der Waals surface area contributed by atoms with Crippen LogP contribution < -0.4 is 9.64 Å². The molecule has 5 rings (SSSR count). The molecule has 45 heavy (non-hydrogen) atoms. The van der Waals surface area contributed by atoms with Crippen LogP contribution in [0, 0.1) is 25.5 Å². The van der Waals surface area contributed by atoms with Crippen LogP contribution in [0.1, 0.15) is 77.9 Å². The fourth-order valence-corrected chi connectivity index (χ4v) is 5.70. The van der Waals surface area contributed by atoms with Gasteiger partial charge in [0.25, 0.3) is 12.4 Å². The Hall–Kier alpha value is -3.99. The Kier molecular flexibility index (Phi) is 11.0. The third-order valence-electron chi connectivity index (χ3n) is 7.46. The lowest BCUT2D eigenvalue weighted by atomic mass is 9.84. The second-order valence-electron chi connectivity index (χ2n) is 11.8. The predicted octanol–water partition coefficient (Wildman–Crippen LogP) is 7.84. The van der Waals surface area contributed by atoms with Gasteiger partial charge in [-0.15, -0.1) is 0 Å². The molecule has 2 N–H and O–H groups in total. The standard InChI is InChI=1S/C29H26F5NO2.C4H10O.CH2O2/c1-4-17-15(2)13-24-19(25(17)21-14-23(30)27-18(16(21)3)8-6-12-37-27)10-11-35(24)28(36)20-7-5-9-22(26(20)31)29(32,33)34;1-4(2,3)5;2-1-3/h5,7,9,13-14H,4,6,8,10-12H2,1-3H3;5H,1-3H3;1H,(H,2,3). The number of aryl methyl sites for hydroxylation is 1. The maximum atomic E-state index is 15.2. The average molecular weight is 636 g/mol. The van der Waals surface area contributed by atoms with Gasteiger partial charge in [0.15, 0.2) is 11.6 Å². The second kappa shape index (κ2) is 14.0. The monoisotopic (exact) mass is 635 g/mol. The number of hydrogen-bond donors (Lipinski definition) is 2. The lowest BCUT2D eigenvalue weighted by Gasteiger charge is -2.25. The van der Waals surface area contributed by atoms with Crippen molar-refractivity contribution in [3.8, 4) is 16.9 Å². The van der Waals surface area contributed by atoms with Gasteiger partial charge in [-0.2, -0.15) is 13.2 Å². The van der Waals surface area contributed by atoms with Crippen molar-refractivity contribution >= 4 is 18.1 Å². The Morgan fingerprint density at radius 2 is 1.69 bits per heavy atom. The highest BCUT2D eigenvalue weighted by Crippen LogP contribution is 2.45. The average Bonchev–Trinajstić information content (AvgIpc) is 3.36. The summed E-state index contributed by atoms with van der Waals surface area (Å²) in [5.74, 6) is -2.57. The van der Waals surface area contributed by atoms with Gasteiger partial charge < -0.3 is 19.8 Å². The van der Waals surface area contributed by atoms with E-state index in [9.17, 15) is 22.4 Å². The van der Waals surface area contributed by atoms with Gasteiger partial charge in [-0.1, -0.05) is 13.0 Å². The first-order valence-electron chi connectivity index (χ1n) is 14.5. The van der Waals surface area contributed by atoms with Gasteiger partial charge in [0.2, 0.25) is 0 Å². The molecule has 0 bridgehead atoms. The minimum absolute atomic E-state index is 0.180. The summed E-state index contributed by atoms with van der Waals surface area (Å²) in [7, 11) is 0. The first-order chi connectivity index (χ1) is 21.0. The number of benzene rings is 3. The van der Waals surface area contributed by atoms with Crippen LogP contribution in [0.5, 0.6) is 5.75 Å². The van der Waals surface area contributed by atoms with Crippen molar-refractivity contribution in [2.24, 2.45) is 0 Å². The lowest BCUT2D eigenvalue weighted by Crippen LogP contribution is -2.30. The number of carbonyl (C=O) groups excluding carboxylic acids is 1. The fourth-order valence-electron chi connectivity index (χ4n) is 5.70. The number of amides is 1. The van der Waals surface area contributed by atoms with Crippen LogP contribution in [-0.4, -0.2) is 41.3 Å². The Morgan fingerprint density at radius 1 is 1.07 bits per heavy atom. The number of hydrogen-bond acceptors (Lipinski definition) is 4. The Labute approximate surface area is 259 Å². The van der Waals surface area contributed by atoms with Crippen molar-refractivity contribution < 1.29 is 46.5 Å². The van der Waals surface area contributed by atoms with E-state index in [1.807, 2.05) is 26.8 Å². The molecule has 0 spiro atoms. The highest BCUT2D eigenvalue weighted by atomic mass is 19.4. The Morgan fingerprint density at radius 3 is 2.27 bits per heavy atom. The Bertz CT molecular complexity index is 1570. The maximum absolute atomic E-state index is 15.2. The molecule has 0 aliphatic carbocycles. The third-order valence-corrected chi connectivity index (χ3v) is 7.46. The van der Waals surface area contributed by atoms with E-state index in [-0.39, 0.29) is 18.8 Å². The van der Waals surface area contributed by atoms with Crippen LogP contribution >= 0.6 is 0 Å². The highest BCUT2D eigenvalue weighted by Gasteiger charge is 2.38. The van der Waals surface area contributed by atoms with Crippen molar-refractivity contribution in [2.75, 3.05) is 18.1 Å². The molecule has 0 unspecified atom stereocenters.